The third-order valence-electron chi connectivity index (χ3n) is 4.29. The first-order chi connectivity index (χ1) is 9.85. The number of hydrogen-bond donors (Lipinski definition) is 1. The van der Waals surface area contributed by atoms with E-state index in [-0.39, 0.29) is 0 Å². The van der Waals surface area contributed by atoms with E-state index in [1.54, 1.807) is 0 Å². The lowest BCUT2D eigenvalue weighted by molar-refractivity contribution is 0.166. The van der Waals surface area contributed by atoms with E-state index in [2.05, 4.69) is 17.0 Å². The average molecular weight is 276 g/mol. The van der Waals surface area contributed by atoms with Crippen LogP contribution in [0.3, 0.4) is 0 Å². The maximum Gasteiger partial charge on any atom is 0.161 e. The Hall–Kier alpha value is -1.26. The summed E-state index contributed by atoms with van der Waals surface area (Å²) in [5.41, 5.74) is 6.95. The average Bonchev–Trinajstić information content (AvgIpc) is 2.49. The summed E-state index contributed by atoms with van der Waals surface area (Å²) in [4.78, 5) is 2.53. The Morgan fingerprint density at radius 2 is 1.85 bits per heavy atom. The maximum absolute atomic E-state index is 5.64. The Labute approximate surface area is 120 Å². The van der Waals surface area contributed by atoms with E-state index in [1.165, 1.54) is 37.9 Å². The number of fused-ring (bicyclic) bond motifs is 1. The largest absolute Gasteiger partial charge is 0.486 e. The number of nitrogens with zero attached hydrogens (tertiary/aromatic N) is 1. The van der Waals surface area contributed by atoms with Gasteiger partial charge in [0.25, 0.3) is 0 Å². The van der Waals surface area contributed by atoms with Crippen LogP contribution < -0.4 is 15.2 Å². The minimum Gasteiger partial charge on any atom is -0.486 e. The standard InChI is InChI=1S/C16H24N2O2/c17-6-3-13-4-7-18(8-5-13)12-14-1-2-15-16(11-14)20-10-9-19-15/h1-2,11,13H,3-10,12,17H2. The number of likely N-dealkylation sites (tertiary alicyclic amines) is 1. The topological polar surface area (TPSA) is 47.7 Å². The van der Waals surface area contributed by atoms with Crippen LogP contribution in [0.15, 0.2) is 18.2 Å². The second-order valence-corrected chi connectivity index (χ2v) is 5.77. The van der Waals surface area contributed by atoms with Gasteiger partial charge in [0.2, 0.25) is 0 Å². The molecule has 0 spiro atoms. The van der Waals surface area contributed by atoms with Gasteiger partial charge in [-0.1, -0.05) is 6.07 Å². The summed E-state index contributed by atoms with van der Waals surface area (Å²) < 4.78 is 11.2. The van der Waals surface area contributed by atoms with Crippen LogP contribution in [0.25, 0.3) is 0 Å². The highest BCUT2D eigenvalue weighted by atomic mass is 16.6. The molecule has 2 aliphatic heterocycles. The van der Waals surface area contributed by atoms with Gasteiger partial charge in [0.1, 0.15) is 13.2 Å². The van der Waals surface area contributed by atoms with Crippen LogP contribution in [0.2, 0.25) is 0 Å². The Morgan fingerprint density at radius 3 is 2.60 bits per heavy atom. The zero-order valence-corrected chi connectivity index (χ0v) is 12.0. The molecular formula is C16H24N2O2. The van der Waals surface area contributed by atoms with E-state index in [0.717, 1.165) is 30.5 Å². The lowest BCUT2D eigenvalue weighted by atomic mass is 9.93. The molecule has 110 valence electrons. The molecule has 20 heavy (non-hydrogen) atoms. The van der Waals surface area contributed by atoms with Gasteiger partial charge in [-0.15, -0.1) is 0 Å². The van der Waals surface area contributed by atoms with Crippen molar-refractivity contribution < 1.29 is 9.47 Å². The van der Waals surface area contributed by atoms with Gasteiger partial charge in [0.05, 0.1) is 0 Å². The second-order valence-electron chi connectivity index (χ2n) is 5.77. The minimum absolute atomic E-state index is 0.654. The summed E-state index contributed by atoms with van der Waals surface area (Å²) in [7, 11) is 0. The van der Waals surface area contributed by atoms with Crippen molar-refractivity contribution in [3.63, 3.8) is 0 Å². The van der Waals surface area contributed by atoms with Crippen molar-refractivity contribution in [2.75, 3.05) is 32.8 Å². The van der Waals surface area contributed by atoms with E-state index in [0.29, 0.717) is 13.2 Å². The van der Waals surface area contributed by atoms with Crippen LogP contribution in [-0.4, -0.2) is 37.7 Å². The van der Waals surface area contributed by atoms with Gasteiger partial charge in [-0.05, 0) is 62.5 Å². The molecular weight excluding hydrogens is 252 g/mol. The van der Waals surface area contributed by atoms with Crippen molar-refractivity contribution in [2.24, 2.45) is 11.7 Å². The molecule has 1 aromatic carbocycles. The van der Waals surface area contributed by atoms with Crippen LogP contribution in [0.1, 0.15) is 24.8 Å². The first-order valence-electron chi connectivity index (χ1n) is 7.66. The Balaban J connectivity index is 1.56. The van der Waals surface area contributed by atoms with Crippen molar-refractivity contribution in [2.45, 2.75) is 25.8 Å². The summed E-state index contributed by atoms with van der Waals surface area (Å²) >= 11 is 0. The summed E-state index contributed by atoms with van der Waals surface area (Å²) in [5, 5.41) is 0. The monoisotopic (exact) mass is 276 g/mol. The van der Waals surface area contributed by atoms with Crippen LogP contribution in [0.4, 0.5) is 0 Å². The number of ether oxygens (including phenoxy) is 2. The van der Waals surface area contributed by atoms with Gasteiger partial charge in [0, 0.05) is 6.54 Å². The molecule has 0 bridgehead atoms. The highest BCUT2D eigenvalue weighted by Crippen LogP contribution is 2.31. The van der Waals surface area contributed by atoms with E-state index in [1.807, 2.05) is 6.07 Å². The molecule has 0 saturated carbocycles. The highest BCUT2D eigenvalue weighted by Gasteiger charge is 2.19. The molecule has 2 heterocycles. The number of hydrogen-bond acceptors (Lipinski definition) is 4. The van der Waals surface area contributed by atoms with Gasteiger partial charge in [0.15, 0.2) is 11.5 Å². The van der Waals surface area contributed by atoms with Crippen LogP contribution in [0.5, 0.6) is 11.5 Å². The Bertz CT molecular complexity index is 442. The second kappa shape index (κ2) is 6.46. The molecule has 4 heteroatoms. The maximum atomic E-state index is 5.64. The van der Waals surface area contributed by atoms with E-state index >= 15 is 0 Å². The lowest BCUT2D eigenvalue weighted by Gasteiger charge is -2.32. The van der Waals surface area contributed by atoms with Crippen LogP contribution >= 0.6 is 0 Å². The fraction of sp³-hybridized carbons (Fsp3) is 0.625. The predicted molar refractivity (Wildman–Crippen MR) is 79.1 cm³/mol. The molecule has 1 fully saturated rings. The zero-order chi connectivity index (χ0) is 13.8. The molecule has 2 N–H and O–H groups in total. The first kappa shape index (κ1) is 13.7. The van der Waals surface area contributed by atoms with E-state index < -0.39 is 0 Å². The minimum atomic E-state index is 0.654. The molecule has 3 rings (SSSR count). The summed E-state index contributed by atoms with van der Waals surface area (Å²) in [6.07, 6.45) is 3.74. The molecule has 0 radical (unpaired) electrons. The molecule has 0 aliphatic carbocycles. The smallest absolute Gasteiger partial charge is 0.161 e. The lowest BCUT2D eigenvalue weighted by Crippen LogP contribution is -2.33. The molecule has 2 aliphatic rings. The molecule has 0 aromatic heterocycles. The third-order valence-corrected chi connectivity index (χ3v) is 4.29. The van der Waals surface area contributed by atoms with Crippen molar-refractivity contribution >= 4 is 0 Å². The van der Waals surface area contributed by atoms with Gasteiger partial charge in [-0.3, -0.25) is 4.90 Å². The van der Waals surface area contributed by atoms with Gasteiger partial charge < -0.3 is 15.2 Å². The molecule has 1 saturated heterocycles. The predicted octanol–water partition coefficient (Wildman–Crippen LogP) is 2.02. The number of piperidine rings is 1. The quantitative estimate of drug-likeness (QED) is 0.914. The van der Waals surface area contributed by atoms with E-state index in [9.17, 15) is 0 Å². The van der Waals surface area contributed by atoms with Gasteiger partial charge >= 0.3 is 0 Å². The number of rotatable bonds is 4. The molecule has 0 unspecified atom stereocenters. The Kier molecular flexibility index (Phi) is 4.43. The molecule has 4 nitrogen and oxygen atoms in total. The van der Waals surface area contributed by atoms with E-state index in [4.69, 9.17) is 15.2 Å². The van der Waals surface area contributed by atoms with Crippen LogP contribution in [-0.2, 0) is 6.54 Å². The molecule has 1 aromatic rings. The third kappa shape index (κ3) is 3.25. The van der Waals surface area contributed by atoms with Gasteiger partial charge in [-0.25, -0.2) is 0 Å². The normalized spacial score (nSPS) is 20.1. The van der Waals surface area contributed by atoms with Crippen LogP contribution in [0, 0.1) is 5.92 Å². The van der Waals surface area contributed by atoms with Crippen molar-refractivity contribution in [3.05, 3.63) is 23.8 Å². The number of nitrogens with two attached hydrogens (primary N) is 1. The summed E-state index contributed by atoms with van der Waals surface area (Å²) in [6, 6.07) is 6.31. The molecule has 0 atom stereocenters. The first-order valence-corrected chi connectivity index (χ1v) is 7.66. The molecule has 0 amide bonds. The van der Waals surface area contributed by atoms with Crippen molar-refractivity contribution in [1.82, 2.24) is 4.90 Å². The zero-order valence-electron chi connectivity index (χ0n) is 12.0. The van der Waals surface area contributed by atoms with Crippen molar-refractivity contribution in [3.8, 4) is 11.5 Å². The summed E-state index contributed by atoms with van der Waals surface area (Å²) in [5.74, 6) is 2.60. The number of benzene rings is 1. The fourth-order valence-electron chi connectivity index (χ4n) is 3.11. The fourth-order valence-corrected chi connectivity index (χ4v) is 3.11. The Morgan fingerprint density at radius 1 is 1.10 bits per heavy atom. The summed E-state index contributed by atoms with van der Waals surface area (Å²) in [6.45, 7) is 5.50. The van der Waals surface area contributed by atoms with Crippen molar-refractivity contribution in [1.29, 1.82) is 0 Å². The highest BCUT2D eigenvalue weighted by molar-refractivity contribution is 5.43. The SMILES string of the molecule is NCCC1CCN(Cc2ccc3c(c2)OCCO3)CC1. The van der Waals surface area contributed by atoms with Gasteiger partial charge in [-0.2, -0.15) is 0 Å².